The van der Waals surface area contributed by atoms with Gasteiger partial charge < -0.3 is 20.5 Å². The van der Waals surface area contributed by atoms with Crippen molar-refractivity contribution < 1.29 is 14.3 Å². The molecule has 1 saturated carbocycles. The van der Waals surface area contributed by atoms with Gasteiger partial charge in [0, 0.05) is 18.4 Å². The minimum atomic E-state index is -0.894. The second-order valence-corrected chi connectivity index (χ2v) is 7.25. The molecule has 1 fully saturated rings. The van der Waals surface area contributed by atoms with E-state index in [1.807, 2.05) is 58.9 Å². The summed E-state index contributed by atoms with van der Waals surface area (Å²) in [6.07, 6.45) is 0.440. The maximum atomic E-state index is 12.6. The van der Waals surface area contributed by atoms with Crippen LogP contribution >= 0.6 is 12.4 Å². The van der Waals surface area contributed by atoms with Crippen LogP contribution in [-0.4, -0.2) is 36.8 Å². The predicted octanol–water partition coefficient (Wildman–Crippen LogP) is 2.83. The monoisotopic (exact) mass is 370 g/mol. The first-order valence-corrected chi connectivity index (χ1v) is 8.63. The normalized spacial score (nSPS) is 25.3. The first-order chi connectivity index (χ1) is 11.2. The molecule has 1 amide bonds. The van der Waals surface area contributed by atoms with Crippen LogP contribution in [0.3, 0.4) is 0 Å². The van der Waals surface area contributed by atoms with E-state index in [0.717, 1.165) is 11.3 Å². The number of halogens is 1. The standard InChI is InChI=1S/C19H30N2O3.ClH/c1-6-23-16-11-19(20,18(16,4)5)17(22)21-12-14(3)24-15-10-8-7-9-13(15)2;/h7-10,14,16H,6,11-12,20H2,1-5H3,(H,21,22);1H. The van der Waals surface area contributed by atoms with Gasteiger partial charge in [0.05, 0.1) is 12.6 Å². The molecular formula is C19H31ClN2O3. The average molecular weight is 371 g/mol. The Bertz CT molecular complexity index is 594. The summed E-state index contributed by atoms with van der Waals surface area (Å²) >= 11 is 0. The van der Waals surface area contributed by atoms with E-state index in [1.165, 1.54) is 0 Å². The van der Waals surface area contributed by atoms with Gasteiger partial charge in [-0.3, -0.25) is 4.79 Å². The van der Waals surface area contributed by atoms with Crippen LogP contribution in [0.15, 0.2) is 24.3 Å². The number of carbonyl (C=O) groups excluding carboxylic acids is 1. The van der Waals surface area contributed by atoms with Crippen molar-refractivity contribution >= 4 is 18.3 Å². The molecule has 0 radical (unpaired) electrons. The third-order valence-electron chi connectivity index (χ3n) is 5.21. The van der Waals surface area contributed by atoms with Crippen LogP contribution in [0.2, 0.25) is 0 Å². The van der Waals surface area contributed by atoms with Gasteiger partial charge in [0.1, 0.15) is 17.4 Å². The number of nitrogens with one attached hydrogen (secondary N) is 1. The molecule has 0 saturated heterocycles. The molecule has 3 N–H and O–H groups in total. The minimum Gasteiger partial charge on any atom is -0.489 e. The lowest BCUT2D eigenvalue weighted by atomic mass is 9.54. The van der Waals surface area contributed by atoms with E-state index in [1.54, 1.807) is 0 Å². The van der Waals surface area contributed by atoms with E-state index >= 15 is 0 Å². The summed E-state index contributed by atoms with van der Waals surface area (Å²) in [6.45, 7) is 10.9. The molecule has 5 nitrogen and oxygen atoms in total. The molecule has 142 valence electrons. The third kappa shape index (κ3) is 4.27. The van der Waals surface area contributed by atoms with Gasteiger partial charge in [-0.1, -0.05) is 32.0 Å². The summed E-state index contributed by atoms with van der Waals surface area (Å²) in [7, 11) is 0. The van der Waals surface area contributed by atoms with Crippen molar-refractivity contribution in [2.45, 2.75) is 58.8 Å². The van der Waals surface area contributed by atoms with Gasteiger partial charge in [-0.15, -0.1) is 12.4 Å². The Hall–Kier alpha value is -1.30. The Kier molecular flexibility index (Phi) is 7.29. The maximum absolute atomic E-state index is 12.6. The van der Waals surface area contributed by atoms with Gasteiger partial charge in [-0.05, 0) is 32.4 Å². The fraction of sp³-hybridized carbons (Fsp3) is 0.632. The fourth-order valence-corrected chi connectivity index (χ4v) is 3.16. The number of benzene rings is 1. The largest absolute Gasteiger partial charge is 0.489 e. The van der Waals surface area contributed by atoms with E-state index < -0.39 is 5.54 Å². The highest BCUT2D eigenvalue weighted by molar-refractivity contribution is 5.88. The number of nitrogens with two attached hydrogens (primary N) is 1. The molecule has 1 aromatic rings. The Morgan fingerprint density at radius 3 is 2.60 bits per heavy atom. The van der Waals surface area contributed by atoms with Crippen molar-refractivity contribution in [2.75, 3.05) is 13.2 Å². The summed E-state index contributed by atoms with van der Waals surface area (Å²) in [5.74, 6) is 0.700. The van der Waals surface area contributed by atoms with Crippen LogP contribution in [0.1, 0.15) is 39.7 Å². The molecule has 0 bridgehead atoms. The van der Waals surface area contributed by atoms with Crippen LogP contribution in [0, 0.1) is 12.3 Å². The van der Waals surface area contributed by atoms with Crippen molar-refractivity contribution in [1.82, 2.24) is 5.32 Å². The van der Waals surface area contributed by atoms with Crippen LogP contribution < -0.4 is 15.8 Å². The Morgan fingerprint density at radius 1 is 1.40 bits per heavy atom. The quantitative estimate of drug-likeness (QED) is 0.774. The first-order valence-electron chi connectivity index (χ1n) is 8.63. The van der Waals surface area contributed by atoms with E-state index in [0.29, 0.717) is 19.6 Å². The van der Waals surface area contributed by atoms with Gasteiger partial charge in [0.15, 0.2) is 0 Å². The number of aryl methyl sites for hydroxylation is 1. The molecule has 0 aliphatic heterocycles. The summed E-state index contributed by atoms with van der Waals surface area (Å²) in [6, 6.07) is 7.84. The lowest BCUT2D eigenvalue weighted by molar-refractivity contribution is -0.170. The van der Waals surface area contributed by atoms with Crippen LogP contribution in [0.4, 0.5) is 0 Å². The number of amides is 1. The molecule has 25 heavy (non-hydrogen) atoms. The van der Waals surface area contributed by atoms with E-state index in [-0.39, 0.29) is 35.9 Å². The predicted molar refractivity (Wildman–Crippen MR) is 102 cm³/mol. The molecule has 1 aliphatic carbocycles. The van der Waals surface area contributed by atoms with Crippen LogP contribution in [-0.2, 0) is 9.53 Å². The van der Waals surface area contributed by atoms with Crippen molar-refractivity contribution in [3.63, 3.8) is 0 Å². The molecule has 3 atom stereocenters. The highest BCUT2D eigenvalue weighted by Crippen LogP contribution is 2.49. The lowest BCUT2D eigenvalue weighted by Crippen LogP contribution is -2.76. The zero-order valence-electron chi connectivity index (χ0n) is 15.8. The zero-order chi connectivity index (χ0) is 18.0. The lowest BCUT2D eigenvalue weighted by Gasteiger charge is -2.57. The van der Waals surface area contributed by atoms with Gasteiger partial charge in [0.2, 0.25) is 5.91 Å². The Balaban J connectivity index is 0.00000312. The maximum Gasteiger partial charge on any atom is 0.240 e. The van der Waals surface area contributed by atoms with E-state index in [9.17, 15) is 4.79 Å². The topological polar surface area (TPSA) is 73.6 Å². The number of rotatable bonds is 7. The van der Waals surface area contributed by atoms with Crippen molar-refractivity contribution in [3.8, 4) is 5.75 Å². The Labute approximate surface area is 157 Å². The van der Waals surface area contributed by atoms with Gasteiger partial charge in [0.25, 0.3) is 0 Å². The average Bonchev–Trinajstić information content (AvgIpc) is 2.54. The number of para-hydroxylation sites is 1. The van der Waals surface area contributed by atoms with E-state index in [4.69, 9.17) is 15.2 Å². The number of carbonyl (C=O) groups is 1. The zero-order valence-corrected chi connectivity index (χ0v) is 16.6. The molecule has 1 aliphatic rings. The smallest absolute Gasteiger partial charge is 0.240 e. The fourth-order valence-electron chi connectivity index (χ4n) is 3.16. The van der Waals surface area contributed by atoms with Gasteiger partial charge in [-0.25, -0.2) is 0 Å². The van der Waals surface area contributed by atoms with Crippen LogP contribution in [0.5, 0.6) is 5.75 Å². The molecule has 6 heteroatoms. The SMILES string of the molecule is CCOC1CC(N)(C(=O)NCC(C)Oc2ccccc2C)C1(C)C.Cl. The van der Waals surface area contributed by atoms with Gasteiger partial charge in [-0.2, -0.15) is 0 Å². The highest BCUT2D eigenvalue weighted by atomic mass is 35.5. The van der Waals surface area contributed by atoms with E-state index in [2.05, 4.69) is 5.32 Å². The second kappa shape index (κ2) is 8.39. The molecule has 3 unspecified atom stereocenters. The third-order valence-corrected chi connectivity index (χ3v) is 5.21. The van der Waals surface area contributed by atoms with Crippen molar-refractivity contribution in [2.24, 2.45) is 11.1 Å². The molecule has 1 aromatic carbocycles. The second-order valence-electron chi connectivity index (χ2n) is 7.25. The van der Waals surface area contributed by atoms with Crippen molar-refractivity contribution in [1.29, 1.82) is 0 Å². The molecule has 0 spiro atoms. The summed E-state index contributed by atoms with van der Waals surface area (Å²) in [5.41, 5.74) is 6.17. The summed E-state index contributed by atoms with van der Waals surface area (Å²) < 4.78 is 11.6. The number of ether oxygens (including phenoxy) is 2. The molecule has 0 heterocycles. The molecular weight excluding hydrogens is 340 g/mol. The number of hydrogen-bond acceptors (Lipinski definition) is 4. The first kappa shape index (κ1) is 21.7. The Morgan fingerprint density at radius 2 is 2.04 bits per heavy atom. The minimum absolute atomic E-state index is 0. The number of hydrogen-bond donors (Lipinski definition) is 2. The molecule has 0 aromatic heterocycles. The highest BCUT2D eigenvalue weighted by Gasteiger charge is 2.62. The summed E-state index contributed by atoms with van der Waals surface area (Å²) in [5, 5.41) is 2.94. The van der Waals surface area contributed by atoms with Crippen molar-refractivity contribution in [3.05, 3.63) is 29.8 Å². The molecule has 2 rings (SSSR count). The van der Waals surface area contributed by atoms with Gasteiger partial charge >= 0.3 is 0 Å². The van der Waals surface area contributed by atoms with Crippen LogP contribution in [0.25, 0.3) is 0 Å². The summed E-state index contributed by atoms with van der Waals surface area (Å²) in [4.78, 5) is 12.6.